The molecular weight excluding hydrogens is 409 g/mol. The quantitative estimate of drug-likeness (QED) is 0.560. The number of nitrogens with one attached hydrogen (secondary N) is 3. The first-order valence-corrected chi connectivity index (χ1v) is 10.1. The van der Waals surface area contributed by atoms with Crippen molar-refractivity contribution in [1.82, 2.24) is 10.6 Å². The molecule has 0 spiro atoms. The fourth-order valence-electron chi connectivity index (χ4n) is 2.56. The molecule has 0 saturated heterocycles. The third kappa shape index (κ3) is 7.15. The monoisotopic (exact) mass is 433 g/mol. The van der Waals surface area contributed by atoms with Crippen molar-refractivity contribution >= 4 is 35.0 Å². The van der Waals surface area contributed by atoms with E-state index in [1.165, 1.54) is 6.07 Å². The molecule has 2 aromatic carbocycles. The molecular formula is C22H25ClFN3O3. The van der Waals surface area contributed by atoms with Crippen molar-refractivity contribution in [3.8, 4) is 0 Å². The van der Waals surface area contributed by atoms with E-state index in [4.69, 9.17) is 11.6 Å². The molecule has 0 saturated carbocycles. The Hall–Kier alpha value is -2.93. The third-order valence-electron chi connectivity index (χ3n) is 4.56. The molecule has 1 unspecified atom stereocenters. The zero-order chi connectivity index (χ0) is 22.1. The highest BCUT2D eigenvalue weighted by Crippen LogP contribution is 2.17. The minimum absolute atomic E-state index is 0.0113. The molecule has 3 N–H and O–H groups in total. The van der Waals surface area contributed by atoms with Crippen LogP contribution in [0.5, 0.6) is 0 Å². The smallest absolute Gasteiger partial charge is 0.252 e. The lowest BCUT2D eigenvalue weighted by molar-refractivity contribution is -0.121. The van der Waals surface area contributed by atoms with Crippen molar-refractivity contribution in [1.29, 1.82) is 0 Å². The van der Waals surface area contributed by atoms with Gasteiger partial charge in [0.05, 0.1) is 10.6 Å². The third-order valence-corrected chi connectivity index (χ3v) is 4.87. The SMILES string of the molecule is CCC(C)C(=O)Nc1cccc(CNC(=O)CCNC(=O)c2ccc(F)cc2Cl)c1. The fourth-order valence-corrected chi connectivity index (χ4v) is 2.81. The van der Waals surface area contributed by atoms with E-state index < -0.39 is 11.7 Å². The average Bonchev–Trinajstić information content (AvgIpc) is 2.71. The second-order valence-electron chi connectivity index (χ2n) is 6.91. The molecule has 1 atom stereocenters. The number of hydrogen-bond donors (Lipinski definition) is 3. The molecule has 0 aromatic heterocycles. The van der Waals surface area contributed by atoms with Gasteiger partial charge < -0.3 is 16.0 Å². The van der Waals surface area contributed by atoms with E-state index in [-0.39, 0.29) is 41.3 Å². The Morgan fingerprint density at radius 2 is 1.87 bits per heavy atom. The lowest BCUT2D eigenvalue weighted by Crippen LogP contribution is -2.30. The van der Waals surface area contributed by atoms with Crippen molar-refractivity contribution in [2.45, 2.75) is 33.2 Å². The Bertz CT molecular complexity index is 920. The second kappa shape index (κ2) is 11.3. The van der Waals surface area contributed by atoms with Gasteiger partial charge in [0.2, 0.25) is 11.8 Å². The highest BCUT2D eigenvalue weighted by molar-refractivity contribution is 6.33. The van der Waals surface area contributed by atoms with E-state index in [0.29, 0.717) is 12.2 Å². The van der Waals surface area contributed by atoms with Crippen molar-refractivity contribution in [3.63, 3.8) is 0 Å². The summed E-state index contributed by atoms with van der Waals surface area (Å²) in [6, 6.07) is 10.7. The summed E-state index contributed by atoms with van der Waals surface area (Å²) in [5.41, 5.74) is 1.66. The topological polar surface area (TPSA) is 87.3 Å². The number of anilines is 1. The summed E-state index contributed by atoms with van der Waals surface area (Å²) in [5, 5.41) is 8.22. The normalized spacial score (nSPS) is 11.5. The molecule has 0 bridgehead atoms. The molecule has 2 rings (SSSR count). The molecule has 6 nitrogen and oxygen atoms in total. The molecule has 0 aliphatic heterocycles. The number of benzene rings is 2. The van der Waals surface area contributed by atoms with Crippen molar-refractivity contribution in [2.75, 3.05) is 11.9 Å². The highest BCUT2D eigenvalue weighted by Gasteiger charge is 2.12. The predicted octanol–water partition coefficient (Wildman–Crippen LogP) is 3.90. The fraction of sp³-hybridized carbons (Fsp3) is 0.318. The van der Waals surface area contributed by atoms with Gasteiger partial charge in [0.25, 0.3) is 5.91 Å². The Balaban J connectivity index is 1.77. The van der Waals surface area contributed by atoms with E-state index in [2.05, 4.69) is 16.0 Å². The average molecular weight is 434 g/mol. The van der Waals surface area contributed by atoms with Gasteiger partial charge in [-0.3, -0.25) is 14.4 Å². The van der Waals surface area contributed by atoms with E-state index in [1.807, 2.05) is 19.9 Å². The Kier molecular flexibility index (Phi) is 8.80. The molecule has 2 aromatic rings. The van der Waals surface area contributed by atoms with Crippen molar-refractivity contribution in [2.24, 2.45) is 5.92 Å². The van der Waals surface area contributed by atoms with Gasteiger partial charge in [-0.15, -0.1) is 0 Å². The van der Waals surface area contributed by atoms with Crippen LogP contribution in [0.4, 0.5) is 10.1 Å². The van der Waals surface area contributed by atoms with Crippen LogP contribution in [-0.4, -0.2) is 24.3 Å². The van der Waals surface area contributed by atoms with Gasteiger partial charge in [-0.2, -0.15) is 0 Å². The summed E-state index contributed by atoms with van der Waals surface area (Å²) in [6.07, 6.45) is 0.834. The van der Waals surface area contributed by atoms with Crippen LogP contribution in [0.3, 0.4) is 0 Å². The van der Waals surface area contributed by atoms with E-state index in [1.54, 1.807) is 18.2 Å². The van der Waals surface area contributed by atoms with Crippen LogP contribution < -0.4 is 16.0 Å². The summed E-state index contributed by atoms with van der Waals surface area (Å²) in [5.74, 6) is -1.37. The standard InChI is InChI=1S/C22H25ClFN3O3/c1-3-14(2)21(29)27-17-6-4-5-15(11-17)13-26-20(28)9-10-25-22(30)18-8-7-16(24)12-19(18)23/h4-8,11-12,14H,3,9-10,13H2,1-2H3,(H,25,30)(H,26,28)(H,27,29). The summed E-state index contributed by atoms with van der Waals surface area (Å²) in [4.78, 5) is 36.1. The Morgan fingerprint density at radius 1 is 1.10 bits per heavy atom. The maximum atomic E-state index is 13.0. The summed E-state index contributed by atoms with van der Waals surface area (Å²) in [7, 11) is 0. The van der Waals surface area contributed by atoms with Crippen LogP contribution in [0, 0.1) is 11.7 Å². The van der Waals surface area contributed by atoms with Crippen molar-refractivity contribution < 1.29 is 18.8 Å². The first-order valence-electron chi connectivity index (χ1n) is 9.70. The van der Waals surface area contributed by atoms with Gasteiger partial charge in [0, 0.05) is 31.1 Å². The van der Waals surface area contributed by atoms with E-state index >= 15 is 0 Å². The van der Waals surface area contributed by atoms with Crippen LogP contribution in [0.2, 0.25) is 5.02 Å². The number of carbonyl (C=O) groups excluding carboxylic acids is 3. The van der Waals surface area contributed by atoms with Gasteiger partial charge in [-0.05, 0) is 42.3 Å². The number of carbonyl (C=O) groups is 3. The maximum absolute atomic E-state index is 13.0. The molecule has 3 amide bonds. The minimum Gasteiger partial charge on any atom is -0.352 e. The van der Waals surface area contributed by atoms with Gasteiger partial charge in [0.1, 0.15) is 5.82 Å². The molecule has 0 heterocycles. The second-order valence-corrected chi connectivity index (χ2v) is 7.31. The molecule has 160 valence electrons. The molecule has 0 radical (unpaired) electrons. The molecule has 0 aliphatic carbocycles. The summed E-state index contributed by atoms with van der Waals surface area (Å²) in [6.45, 7) is 4.22. The van der Waals surface area contributed by atoms with Gasteiger partial charge in [-0.25, -0.2) is 4.39 Å². The van der Waals surface area contributed by atoms with E-state index in [9.17, 15) is 18.8 Å². The number of halogens is 2. The van der Waals surface area contributed by atoms with Gasteiger partial charge in [0.15, 0.2) is 0 Å². The van der Waals surface area contributed by atoms with Crippen LogP contribution in [-0.2, 0) is 16.1 Å². The first kappa shape index (κ1) is 23.3. The predicted molar refractivity (Wildman–Crippen MR) is 115 cm³/mol. The summed E-state index contributed by atoms with van der Waals surface area (Å²) < 4.78 is 13.0. The van der Waals surface area contributed by atoms with Crippen molar-refractivity contribution in [3.05, 3.63) is 64.4 Å². The largest absolute Gasteiger partial charge is 0.352 e. The van der Waals surface area contributed by atoms with Gasteiger partial charge >= 0.3 is 0 Å². The molecule has 30 heavy (non-hydrogen) atoms. The number of hydrogen-bond acceptors (Lipinski definition) is 3. The number of rotatable bonds is 9. The van der Waals surface area contributed by atoms with E-state index in [0.717, 1.165) is 24.1 Å². The Morgan fingerprint density at radius 3 is 2.57 bits per heavy atom. The first-order chi connectivity index (χ1) is 14.3. The van der Waals surface area contributed by atoms with Gasteiger partial charge in [-0.1, -0.05) is 37.6 Å². The Labute approximate surface area is 180 Å². The zero-order valence-corrected chi connectivity index (χ0v) is 17.7. The zero-order valence-electron chi connectivity index (χ0n) is 16.9. The maximum Gasteiger partial charge on any atom is 0.252 e. The minimum atomic E-state index is -0.528. The van der Waals surface area contributed by atoms with Crippen LogP contribution in [0.25, 0.3) is 0 Å². The summed E-state index contributed by atoms with van der Waals surface area (Å²) >= 11 is 5.85. The molecule has 0 fully saturated rings. The lowest BCUT2D eigenvalue weighted by atomic mass is 10.1. The highest BCUT2D eigenvalue weighted by atomic mass is 35.5. The number of amides is 3. The lowest BCUT2D eigenvalue weighted by Gasteiger charge is -2.12. The van der Waals surface area contributed by atoms with Crippen LogP contribution in [0.1, 0.15) is 42.6 Å². The molecule has 0 aliphatic rings. The molecule has 8 heteroatoms. The van der Waals surface area contributed by atoms with Crippen LogP contribution in [0.15, 0.2) is 42.5 Å². The van der Waals surface area contributed by atoms with Crippen LogP contribution >= 0.6 is 11.6 Å².